The highest BCUT2D eigenvalue weighted by Gasteiger charge is 2.12. The monoisotopic (exact) mass is 361 g/mol. The predicted octanol–water partition coefficient (Wildman–Crippen LogP) is 4.12. The van der Waals surface area contributed by atoms with E-state index in [4.69, 9.17) is 4.74 Å². The Morgan fingerprint density at radius 2 is 2.18 bits per heavy atom. The SMILES string of the molecule is Brc1ccc(OCCC2CCCCN2)c(Br)c1. The Morgan fingerprint density at radius 3 is 2.88 bits per heavy atom. The molecule has 0 amide bonds. The molecule has 0 saturated carbocycles. The van der Waals surface area contributed by atoms with E-state index in [9.17, 15) is 0 Å². The molecule has 1 fully saturated rings. The summed E-state index contributed by atoms with van der Waals surface area (Å²) in [7, 11) is 0. The van der Waals surface area contributed by atoms with Crippen molar-refractivity contribution in [2.24, 2.45) is 0 Å². The molecular formula is C13H17Br2NO. The third kappa shape index (κ3) is 4.27. The molecule has 1 heterocycles. The van der Waals surface area contributed by atoms with Crippen molar-refractivity contribution in [2.45, 2.75) is 31.7 Å². The lowest BCUT2D eigenvalue weighted by Gasteiger charge is -2.23. The molecule has 2 nitrogen and oxygen atoms in total. The molecule has 1 N–H and O–H groups in total. The van der Waals surface area contributed by atoms with Crippen LogP contribution in [0.4, 0.5) is 0 Å². The summed E-state index contributed by atoms with van der Waals surface area (Å²) in [6.45, 7) is 1.94. The van der Waals surface area contributed by atoms with Crippen molar-refractivity contribution < 1.29 is 4.74 Å². The van der Waals surface area contributed by atoms with Gasteiger partial charge < -0.3 is 10.1 Å². The van der Waals surface area contributed by atoms with Gasteiger partial charge in [0, 0.05) is 10.5 Å². The Hall–Kier alpha value is -0.0600. The van der Waals surface area contributed by atoms with Gasteiger partial charge in [-0.15, -0.1) is 0 Å². The standard InChI is InChI=1S/C13H17Br2NO/c14-10-4-5-13(12(15)9-10)17-8-6-11-3-1-2-7-16-11/h4-5,9,11,16H,1-3,6-8H2. The summed E-state index contributed by atoms with van der Waals surface area (Å²) >= 11 is 6.93. The van der Waals surface area contributed by atoms with Crippen LogP contribution >= 0.6 is 31.9 Å². The predicted molar refractivity (Wildman–Crippen MR) is 77.6 cm³/mol. The van der Waals surface area contributed by atoms with Gasteiger partial charge in [0.1, 0.15) is 5.75 Å². The lowest BCUT2D eigenvalue weighted by atomic mass is 10.0. The van der Waals surface area contributed by atoms with Gasteiger partial charge in [0.15, 0.2) is 0 Å². The third-order valence-electron chi connectivity index (χ3n) is 3.03. The number of nitrogens with one attached hydrogen (secondary N) is 1. The maximum Gasteiger partial charge on any atom is 0.133 e. The Balaban J connectivity index is 1.77. The molecule has 0 aromatic heterocycles. The van der Waals surface area contributed by atoms with Crippen molar-refractivity contribution in [3.05, 3.63) is 27.1 Å². The van der Waals surface area contributed by atoms with E-state index in [1.165, 1.54) is 19.3 Å². The Kier molecular flexibility index (Phi) is 5.32. The van der Waals surface area contributed by atoms with Crippen LogP contribution in [0.3, 0.4) is 0 Å². The second-order valence-corrected chi connectivity index (χ2v) is 6.13. The molecule has 94 valence electrons. The second kappa shape index (κ2) is 6.76. The highest BCUT2D eigenvalue weighted by Crippen LogP contribution is 2.28. The maximum absolute atomic E-state index is 5.79. The van der Waals surface area contributed by atoms with Crippen LogP contribution in [-0.2, 0) is 0 Å². The smallest absolute Gasteiger partial charge is 0.133 e. The molecular weight excluding hydrogens is 346 g/mol. The van der Waals surface area contributed by atoms with Gasteiger partial charge in [-0.3, -0.25) is 0 Å². The van der Waals surface area contributed by atoms with Crippen LogP contribution in [0.15, 0.2) is 27.1 Å². The fourth-order valence-electron chi connectivity index (χ4n) is 2.07. The molecule has 1 aromatic rings. The Morgan fingerprint density at radius 1 is 1.29 bits per heavy atom. The first-order chi connectivity index (χ1) is 8.25. The van der Waals surface area contributed by atoms with Gasteiger partial charge in [0.25, 0.3) is 0 Å². The van der Waals surface area contributed by atoms with Crippen molar-refractivity contribution in [1.29, 1.82) is 0 Å². The van der Waals surface area contributed by atoms with E-state index in [1.54, 1.807) is 0 Å². The van der Waals surface area contributed by atoms with Gasteiger partial charge in [0.2, 0.25) is 0 Å². The molecule has 0 spiro atoms. The van der Waals surface area contributed by atoms with Gasteiger partial charge in [-0.05, 0) is 59.9 Å². The minimum absolute atomic E-state index is 0.637. The first kappa shape index (κ1) is 13.4. The van der Waals surface area contributed by atoms with E-state index in [-0.39, 0.29) is 0 Å². The van der Waals surface area contributed by atoms with Crippen molar-refractivity contribution in [3.63, 3.8) is 0 Å². The molecule has 1 aliphatic rings. The van der Waals surface area contributed by atoms with Crippen molar-refractivity contribution in [2.75, 3.05) is 13.2 Å². The van der Waals surface area contributed by atoms with E-state index in [1.807, 2.05) is 18.2 Å². The fraction of sp³-hybridized carbons (Fsp3) is 0.538. The van der Waals surface area contributed by atoms with Gasteiger partial charge in [-0.1, -0.05) is 22.4 Å². The van der Waals surface area contributed by atoms with E-state index in [2.05, 4.69) is 37.2 Å². The minimum atomic E-state index is 0.637. The number of benzene rings is 1. The van der Waals surface area contributed by atoms with Crippen molar-refractivity contribution in [3.8, 4) is 5.75 Å². The van der Waals surface area contributed by atoms with Crippen molar-refractivity contribution in [1.82, 2.24) is 5.32 Å². The van der Waals surface area contributed by atoms with Crippen LogP contribution in [0, 0.1) is 0 Å². The number of halogens is 2. The minimum Gasteiger partial charge on any atom is -0.492 e. The summed E-state index contributed by atoms with van der Waals surface area (Å²) in [5.74, 6) is 0.920. The number of piperidine rings is 1. The lowest BCUT2D eigenvalue weighted by Crippen LogP contribution is -2.35. The van der Waals surface area contributed by atoms with Crippen LogP contribution < -0.4 is 10.1 Å². The molecule has 1 unspecified atom stereocenters. The number of hydrogen-bond donors (Lipinski definition) is 1. The Labute approximate surface area is 119 Å². The zero-order valence-corrected chi connectivity index (χ0v) is 12.9. The summed E-state index contributed by atoms with van der Waals surface area (Å²) in [5.41, 5.74) is 0. The van der Waals surface area contributed by atoms with Crippen LogP contribution in [0.1, 0.15) is 25.7 Å². The quantitative estimate of drug-likeness (QED) is 0.869. The first-order valence-corrected chi connectivity index (χ1v) is 7.65. The highest BCUT2D eigenvalue weighted by molar-refractivity contribution is 9.11. The number of ether oxygens (including phenoxy) is 1. The fourth-order valence-corrected chi connectivity index (χ4v) is 3.24. The zero-order valence-electron chi connectivity index (χ0n) is 9.72. The zero-order chi connectivity index (χ0) is 12.1. The van der Waals surface area contributed by atoms with Crippen LogP contribution in [-0.4, -0.2) is 19.2 Å². The van der Waals surface area contributed by atoms with Crippen LogP contribution in [0.25, 0.3) is 0 Å². The van der Waals surface area contributed by atoms with Gasteiger partial charge in [-0.25, -0.2) is 0 Å². The summed E-state index contributed by atoms with van der Waals surface area (Å²) in [5, 5.41) is 3.53. The average Bonchev–Trinajstić information content (AvgIpc) is 2.33. The van der Waals surface area contributed by atoms with Crippen LogP contribution in [0.2, 0.25) is 0 Å². The van der Waals surface area contributed by atoms with Crippen LogP contribution in [0.5, 0.6) is 5.75 Å². The third-order valence-corrected chi connectivity index (χ3v) is 4.14. The maximum atomic E-state index is 5.79. The molecule has 0 bridgehead atoms. The molecule has 0 aliphatic carbocycles. The summed E-state index contributed by atoms with van der Waals surface area (Å²) in [6.07, 6.45) is 5.03. The summed E-state index contributed by atoms with van der Waals surface area (Å²) < 4.78 is 7.85. The summed E-state index contributed by atoms with van der Waals surface area (Å²) in [4.78, 5) is 0. The molecule has 1 atom stereocenters. The van der Waals surface area contributed by atoms with E-state index >= 15 is 0 Å². The normalized spacial score (nSPS) is 20.2. The van der Waals surface area contributed by atoms with Gasteiger partial charge >= 0.3 is 0 Å². The Bertz CT molecular complexity index is 364. The number of hydrogen-bond acceptors (Lipinski definition) is 2. The molecule has 1 aliphatic heterocycles. The first-order valence-electron chi connectivity index (χ1n) is 6.07. The molecule has 1 aromatic carbocycles. The molecule has 4 heteroatoms. The molecule has 1 saturated heterocycles. The number of rotatable bonds is 4. The van der Waals surface area contributed by atoms with Gasteiger partial charge in [-0.2, -0.15) is 0 Å². The highest BCUT2D eigenvalue weighted by atomic mass is 79.9. The largest absolute Gasteiger partial charge is 0.492 e. The second-order valence-electron chi connectivity index (χ2n) is 4.36. The lowest BCUT2D eigenvalue weighted by molar-refractivity contribution is 0.267. The summed E-state index contributed by atoms with van der Waals surface area (Å²) in [6, 6.07) is 6.63. The molecule has 0 radical (unpaired) electrons. The molecule has 2 rings (SSSR count). The average molecular weight is 363 g/mol. The van der Waals surface area contributed by atoms with E-state index in [0.717, 1.165) is 34.3 Å². The van der Waals surface area contributed by atoms with E-state index in [0.29, 0.717) is 6.04 Å². The van der Waals surface area contributed by atoms with Gasteiger partial charge in [0.05, 0.1) is 11.1 Å². The topological polar surface area (TPSA) is 21.3 Å². The van der Waals surface area contributed by atoms with Crippen molar-refractivity contribution >= 4 is 31.9 Å². The van der Waals surface area contributed by atoms with E-state index < -0.39 is 0 Å². The molecule has 17 heavy (non-hydrogen) atoms.